The molecule has 2 heterocycles. The zero-order chi connectivity index (χ0) is 22.2. The molecular formula is C19H19F2N3O6. The van der Waals surface area contributed by atoms with Gasteiger partial charge in [-0.1, -0.05) is 13.3 Å². The molecule has 2 aliphatic heterocycles. The Morgan fingerprint density at radius 2 is 1.93 bits per heavy atom. The van der Waals surface area contributed by atoms with Crippen LogP contribution in [0.3, 0.4) is 0 Å². The highest BCUT2D eigenvalue weighted by atomic mass is 19.3. The Morgan fingerprint density at radius 1 is 1.27 bits per heavy atom. The first-order valence-electron chi connectivity index (χ1n) is 9.31. The Labute approximate surface area is 169 Å². The number of anilines is 1. The molecule has 160 valence electrons. The van der Waals surface area contributed by atoms with E-state index in [1.165, 1.54) is 18.2 Å². The Morgan fingerprint density at radius 3 is 2.53 bits per heavy atom. The van der Waals surface area contributed by atoms with Gasteiger partial charge in [0.25, 0.3) is 11.8 Å². The van der Waals surface area contributed by atoms with E-state index >= 15 is 0 Å². The van der Waals surface area contributed by atoms with Crippen LogP contribution in [0.1, 0.15) is 53.3 Å². The maximum absolute atomic E-state index is 14.0. The number of alkyl halides is 2. The van der Waals surface area contributed by atoms with E-state index < -0.39 is 47.6 Å². The molecule has 9 nitrogen and oxygen atoms in total. The molecule has 1 aromatic carbocycles. The molecule has 0 aromatic heterocycles. The quantitative estimate of drug-likeness (QED) is 0.565. The second kappa shape index (κ2) is 7.81. The summed E-state index contributed by atoms with van der Waals surface area (Å²) in [5, 5.41) is 13.3. The molecule has 0 saturated carbocycles. The van der Waals surface area contributed by atoms with Crippen LogP contribution < -0.4 is 10.6 Å². The number of hydrogen-bond acceptors (Lipinski definition) is 6. The van der Waals surface area contributed by atoms with Gasteiger partial charge < -0.3 is 10.4 Å². The van der Waals surface area contributed by atoms with Crippen LogP contribution in [0.25, 0.3) is 0 Å². The predicted molar refractivity (Wildman–Crippen MR) is 98.0 cm³/mol. The second-order valence-electron chi connectivity index (χ2n) is 7.12. The molecule has 0 aliphatic carbocycles. The van der Waals surface area contributed by atoms with Crippen molar-refractivity contribution in [3.05, 3.63) is 29.3 Å². The standard InChI is InChI=1S/C19H19F2N3O6/c1-2-3-13(19(20,21)18(29)30)22-9-4-5-10-11(8-9)17(28)24(16(10)27)12-6-7-14(25)23-15(12)26/h4-5,8,12-13,22H,2-3,6-7H2,1H3,(H,29,30)(H,23,25,26). The first kappa shape index (κ1) is 21.3. The summed E-state index contributed by atoms with van der Waals surface area (Å²) in [4.78, 5) is 60.5. The number of carbonyl (C=O) groups excluding carboxylic acids is 4. The van der Waals surface area contributed by atoms with Gasteiger partial charge in [0.05, 0.1) is 11.1 Å². The van der Waals surface area contributed by atoms with Crippen LogP contribution in [0, 0.1) is 0 Å². The van der Waals surface area contributed by atoms with Crippen molar-refractivity contribution in [3.8, 4) is 0 Å². The Kier molecular flexibility index (Phi) is 5.55. The fraction of sp³-hybridized carbons (Fsp3) is 0.421. The molecule has 2 unspecified atom stereocenters. The average molecular weight is 423 g/mol. The number of carboxylic acids is 1. The lowest BCUT2D eigenvalue weighted by Gasteiger charge is -2.27. The number of nitrogens with one attached hydrogen (secondary N) is 2. The molecule has 11 heteroatoms. The van der Waals surface area contributed by atoms with Gasteiger partial charge in [-0.2, -0.15) is 8.78 Å². The fourth-order valence-corrected chi connectivity index (χ4v) is 3.54. The number of fused-ring (bicyclic) bond motifs is 1. The molecule has 1 fully saturated rings. The van der Waals surface area contributed by atoms with E-state index in [1.807, 2.05) is 0 Å². The molecule has 30 heavy (non-hydrogen) atoms. The third kappa shape index (κ3) is 3.62. The van der Waals surface area contributed by atoms with Crippen molar-refractivity contribution in [1.82, 2.24) is 10.2 Å². The molecule has 4 amide bonds. The van der Waals surface area contributed by atoms with Crippen molar-refractivity contribution in [2.24, 2.45) is 0 Å². The smallest absolute Gasteiger partial charge is 0.376 e. The largest absolute Gasteiger partial charge is 0.477 e. The van der Waals surface area contributed by atoms with Gasteiger partial charge in [-0.3, -0.25) is 29.4 Å². The van der Waals surface area contributed by atoms with Crippen molar-refractivity contribution in [2.45, 2.75) is 50.6 Å². The number of benzene rings is 1. The third-order valence-corrected chi connectivity index (χ3v) is 5.08. The maximum Gasteiger partial charge on any atom is 0.376 e. The molecule has 2 aliphatic rings. The number of piperidine rings is 1. The van der Waals surface area contributed by atoms with E-state index in [-0.39, 0.29) is 42.5 Å². The van der Waals surface area contributed by atoms with Gasteiger partial charge in [-0.05, 0) is 31.0 Å². The molecule has 1 saturated heterocycles. The SMILES string of the molecule is CCCC(Nc1ccc2c(c1)C(=O)N(C1CCC(=O)NC1=O)C2=O)C(F)(F)C(=O)O. The minimum absolute atomic E-state index is 0.00714. The fourth-order valence-electron chi connectivity index (χ4n) is 3.54. The molecule has 3 rings (SSSR count). The van der Waals surface area contributed by atoms with Gasteiger partial charge in [0, 0.05) is 12.1 Å². The van der Waals surface area contributed by atoms with Crippen LogP contribution in [0.5, 0.6) is 0 Å². The van der Waals surface area contributed by atoms with Crippen LogP contribution in [0.4, 0.5) is 14.5 Å². The summed E-state index contributed by atoms with van der Waals surface area (Å²) in [7, 11) is 0. The van der Waals surface area contributed by atoms with Crippen LogP contribution in [0.15, 0.2) is 18.2 Å². The van der Waals surface area contributed by atoms with E-state index in [1.54, 1.807) is 6.92 Å². The van der Waals surface area contributed by atoms with Gasteiger partial charge in [0.2, 0.25) is 11.8 Å². The zero-order valence-corrected chi connectivity index (χ0v) is 15.9. The Balaban J connectivity index is 1.87. The van der Waals surface area contributed by atoms with Crippen molar-refractivity contribution >= 4 is 35.3 Å². The highest BCUT2D eigenvalue weighted by molar-refractivity contribution is 6.23. The highest BCUT2D eigenvalue weighted by Crippen LogP contribution is 2.31. The first-order valence-corrected chi connectivity index (χ1v) is 9.31. The van der Waals surface area contributed by atoms with Crippen LogP contribution in [-0.2, 0) is 14.4 Å². The summed E-state index contributed by atoms with van der Waals surface area (Å²) in [6.45, 7) is 1.62. The van der Waals surface area contributed by atoms with E-state index in [9.17, 15) is 32.8 Å². The molecule has 0 bridgehead atoms. The number of amides is 4. The summed E-state index contributed by atoms with van der Waals surface area (Å²) in [6.07, 6.45) is 0.0993. The van der Waals surface area contributed by atoms with E-state index in [0.717, 1.165) is 4.90 Å². The number of carboxylic acid groups (broad SMARTS) is 1. The number of imide groups is 2. The van der Waals surface area contributed by atoms with Gasteiger partial charge >= 0.3 is 11.9 Å². The predicted octanol–water partition coefficient (Wildman–Crippen LogP) is 1.39. The summed E-state index contributed by atoms with van der Waals surface area (Å²) < 4.78 is 28.0. The number of hydrogen-bond donors (Lipinski definition) is 3. The lowest BCUT2D eigenvalue weighted by molar-refractivity contribution is -0.167. The van der Waals surface area contributed by atoms with Crippen molar-refractivity contribution in [2.75, 3.05) is 5.32 Å². The summed E-state index contributed by atoms with van der Waals surface area (Å²) in [5.74, 6) is -9.09. The van der Waals surface area contributed by atoms with E-state index in [2.05, 4.69) is 10.6 Å². The van der Waals surface area contributed by atoms with Crippen LogP contribution in [-0.4, -0.2) is 57.6 Å². The Hall–Kier alpha value is -3.37. The number of carbonyl (C=O) groups is 5. The lowest BCUT2D eigenvalue weighted by Crippen LogP contribution is -2.54. The summed E-state index contributed by atoms with van der Waals surface area (Å²) >= 11 is 0. The number of aliphatic carboxylic acids is 1. The number of rotatable bonds is 7. The van der Waals surface area contributed by atoms with Gasteiger partial charge in [-0.25, -0.2) is 4.79 Å². The molecule has 0 radical (unpaired) electrons. The van der Waals surface area contributed by atoms with E-state index in [0.29, 0.717) is 0 Å². The highest BCUT2D eigenvalue weighted by Gasteiger charge is 2.48. The average Bonchev–Trinajstić information content (AvgIpc) is 2.92. The third-order valence-electron chi connectivity index (χ3n) is 5.08. The van der Waals surface area contributed by atoms with Crippen LogP contribution in [0.2, 0.25) is 0 Å². The monoisotopic (exact) mass is 423 g/mol. The molecule has 1 aromatic rings. The minimum atomic E-state index is -4.05. The normalized spacial score (nSPS) is 20.1. The Bertz CT molecular complexity index is 948. The number of nitrogens with zero attached hydrogens (tertiary/aromatic N) is 1. The van der Waals surface area contributed by atoms with Crippen molar-refractivity contribution in [1.29, 1.82) is 0 Å². The van der Waals surface area contributed by atoms with Crippen molar-refractivity contribution in [3.63, 3.8) is 0 Å². The van der Waals surface area contributed by atoms with Crippen molar-refractivity contribution < 1.29 is 37.9 Å². The van der Waals surface area contributed by atoms with E-state index in [4.69, 9.17) is 5.11 Å². The van der Waals surface area contributed by atoms with Gasteiger partial charge in [-0.15, -0.1) is 0 Å². The molecule has 2 atom stereocenters. The number of halogens is 2. The molecular weight excluding hydrogens is 404 g/mol. The van der Waals surface area contributed by atoms with Gasteiger partial charge in [0.1, 0.15) is 12.1 Å². The molecule has 3 N–H and O–H groups in total. The maximum atomic E-state index is 14.0. The minimum Gasteiger partial charge on any atom is -0.477 e. The second-order valence-corrected chi connectivity index (χ2v) is 7.12. The van der Waals surface area contributed by atoms with Crippen LogP contribution >= 0.6 is 0 Å². The topological polar surface area (TPSA) is 133 Å². The summed E-state index contributed by atoms with van der Waals surface area (Å²) in [6, 6.07) is 0.860. The zero-order valence-electron chi connectivity index (χ0n) is 15.9. The summed E-state index contributed by atoms with van der Waals surface area (Å²) in [5.41, 5.74) is -0.0599. The molecule has 0 spiro atoms. The first-order chi connectivity index (χ1) is 14.1. The van der Waals surface area contributed by atoms with Gasteiger partial charge in [0.15, 0.2) is 0 Å². The lowest BCUT2D eigenvalue weighted by atomic mass is 10.0.